The number of ether oxygens (including phenoxy) is 1. The Balaban J connectivity index is 1.15. The van der Waals surface area contributed by atoms with Crippen molar-refractivity contribution in [1.29, 1.82) is 0 Å². The number of imide groups is 1. The van der Waals surface area contributed by atoms with Crippen LogP contribution >= 0.6 is 0 Å². The molecule has 176 valence electrons. The van der Waals surface area contributed by atoms with E-state index in [4.69, 9.17) is 4.74 Å². The van der Waals surface area contributed by atoms with Crippen LogP contribution in [0.2, 0.25) is 0 Å². The Morgan fingerprint density at radius 1 is 0.750 bits per heavy atom. The first-order valence-corrected chi connectivity index (χ1v) is 12.2. The van der Waals surface area contributed by atoms with Crippen LogP contribution in [0.3, 0.4) is 0 Å². The number of rotatable bonds is 4. The molecule has 0 N–H and O–H groups in total. The van der Waals surface area contributed by atoms with Crippen molar-refractivity contribution in [2.45, 2.75) is 18.3 Å². The number of esters is 1. The molecule has 4 aromatic rings. The summed E-state index contributed by atoms with van der Waals surface area (Å²) < 4.78 is 5.58. The van der Waals surface area contributed by atoms with Crippen molar-refractivity contribution < 1.29 is 19.1 Å². The molecule has 0 spiro atoms. The van der Waals surface area contributed by atoms with E-state index in [2.05, 4.69) is 29.2 Å². The summed E-state index contributed by atoms with van der Waals surface area (Å²) in [4.78, 5) is 45.6. The molecule has 2 atom stereocenters. The van der Waals surface area contributed by atoms with Gasteiger partial charge in [-0.05, 0) is 34.4 Å². The van der Waals surface area contributed by atoms with E-state index in [1.54, 1.807) is 18.3 Å². The molecule has 2 amide bonds. The van der Waals surface area contributed by atoms with Crippen molar-refractivity contribution in [2.24, 2.45) is 11.8 Å². The predicted molar refractivity (Wildman–Crippen MR) is 132 cm³/mol. The smallest absolute Gasteiger partial charge is 0.313 e. The lowest BCUT2D eigenvalue weighted by molar-refractivity contribution is -0.141. The van der Waals surface area contributed by atoms with E-state index in [0.717, 1.165) is 27.6 Å². The van der Waals surface area contributed by atoms with Gasteiger partial charge in [-0.1, -0.05) is 66.7 Å². The Labute approximate surface area is 207 Å². The number of hydrogen-bond acceptors (Lipinski definition) is 5. The molecule has 6 nitrogen and oxygen atoms in total. The molecule has 1 fully saturated rings. The third-order valence-electron chi connectivity index (χ3n) is 7.90. The van der Waals surface area contributed by atoms with E-state index in [-0.39, 0.29) is 36.6 Å². The van der Waals surface area contributed by atoms with Gasteiger partial charge in [0.15, 0.2) is 5.75 Å². The lowest BCUT2D eigenvalue weighted by Crippen LogP contribution is -2.41. The second-order valence-electron chi connectivity index (χ2n) is 9.65. The van der Waals surface area contributed by atoms with Gasteiger partial charge in [0.1, 0.15) is 5.52 Å². The molecule has 0 unspecified atom stereocenters. The Bertz CT molecular complexity index is 1460. The number of fused-ring (bicyclic) bond motifs is 1. The van der Waals surface area contributed by atoms with Crippen LogP contribution in [0.25, 0.3) is 10.9 Å². The maximum atomic E-state index is 13.6. The van der Waals surface area contributed by atoms with Crippen molar-refractivity contribution in [3.63, 3.8) is 0 Å². The van der Waals surface area contributed by atoms with Crippen LogP contribution in [-0.4, -0.2) is 34.2 Å². The van der Waals surface area contributed by atoms with Gasteiger partial charge in [0.2, 0.25) is 11.8 Å². The molecule has 3 aromatic carbocycles. The summed E-state index contributed by atoms with van der Waals surface area (Å²) in [6, 6.07) is 25.4. The third kappa shape index (κ3) is 2.90. The minimum absolute atomic E-state index is 0.00776. The minimum Gasteiger partial charge on any atom is -0.424 e. The number of benzene rings is 3. The number of nitrogens with zero attached hydrogens (tertiary/aromatic N) is 2. The molecule has 0 radical (unpaired) electrons. The first-order chi connectivity index (χ1) is 17.6. The average molecular weight is 475 g/mol. The zero-order chi connectivity index (χ0) is 24.4. The van der Waals surface area contributed by atoms with E-state index in [1.807, 2.05) is 42.5 Å². The molecule has 2 bridgehead atoms. The van der Waals surface area contributed by atoms with E-state index in [0.29, 0.717) is 11.3 Å². The van der Waals surface area contributed by atoms with Crippen molar-refractivity contribution in [2.75, 3.05) is 6.54 Å². The molecule has 3 aliphatic carbocycles. The van der Waals surface area contributed by atoms with Crippen LogP contribution in [0.1, 0.15) is 40.5 Å². The van der Waals surface area contributed by atoms with Gasteiger partial charge in [-0.15, -0.1) is 0 Å². The molecule has 8 rings (SSSR count). The molecule has 1 saturated heterocycles. The number of carbonyl (C=O) groups is 3. The zero-order valence-corrected chi connectivity index (χ0v) is 19.3. The number of carbonyl (C=O) groups excluding carboxylic acids is 3. The summed E-state index contributed by atoms with van der Waals surface area (Å²) in [6.07, 6.45) is 1.57. The minimum atomic E-state index is -0.502. The van der Waals surface area contributed by atoms with Crippen LogP contribution in [0.15, 0.2) is 85.1 Å². The highest BCUT2D eigenvalue weighted by atomic mass is 16.5. The van der Waals surface area contributed by atoms with Crippen molar-refractivity contribution >= 4 is 28.7 Å². The molecule has 2 heterocycles. The van der Waals surface area contributed by atoms with Gasteiger partial charge in [-0.2, -0.15) is 0 Å². The van der Waals surface area contributed by atoms with Gasteiger partial charge in [0, 0.05) is 30.0 Å². The highest BCUT2D eigenvalue weighted by Crippen LogP contribution is 2.60. The summed E-state index contributed by atoms with van der Waals surface area (Å²) in [6.45, 7) is 0.00776. The zero-order valence-electron chi connectivity index (χ0n) is 19.3. The second-order valence-corrected chi connectivity index (χ2v) is 9.65. The predicted octanol–water partition coefficient (Wildman–Crippen LogP) is 4.42. The lowest BCUT2D eigenvalue weighted by atomic mass is 9.55. The summed E-state index contributed by atoms with van der Waals surface area (Å²) in [7, 11) is 0. The third-order valence-corrected chi connectivity index (χ3v) is 7.90. The monoisotopic (exact) mass is 474 g/mol. The Morgan fingerprint density at radius 3 is 1.89 bits per heavy atom. The average Bonchev–Trinajstić information content (AvgIpc) is 3.17. The maximum absolute atomic E-state index is 13.6. The fourth-order valence-corrected chi connectivity index (χ4v) is 6.49. The van der Waals surface area contributed by atoms with Crippen molar-refractivity contribution in [3.05, 3.63) is 107 Å². The first-order valence-electron chi connectivity index (χ1n) is 12.2. The Kier molecular flexibility index (Phi) is 4.58. The second kappa shape index (κ2) is 7.85. The quantitative estimate of drug-likeness (QED) is 0.249. The van der Waals surface area contributed by atoms with Crippen LogP contribution in [0, 0.1) is 11.8 Å². The van der Waals surface area contributed by atoms with Crippen LogP contribution in [0.5, 0.6) is 5.75 Å². The highest BCUT2D eigenvalue weighted by molar-refractivity contribution is 6.08. The molecule has 1 aromatic heterocycles. The normalized spacial score (nSPS) is 23.4. The van der Waals surface area contributed by atoms with Crippen molar-refractivity contribution in [3.8, 4) is 5.75 Å². The molecule has 0 saturated carbocycles. The molecular weight excluding hydrogens is 452 g/mol. The van der Waals surface area contributed by atoms with Crippen LogP contribution in [0.4, 0.5) is 0 Å². The molecule has 4 aliphatic rings. The number of pyridine rings is 1. The fraction of sp³-hybridized carbons (Fsp3) is 0.200. The molecule has 1 aliphatic heterocycles. The maximum Gasteiger partial charge on any atom is 0.313 e. The fourth-order valence-electron chi connectivity index (χ4n) is 6.49. The number of aromatic nitrogens is 1. The number of likely N-dealkylation sites (tertiary alicyclic amines) is 1. The molecule has 36 heavy (non-hydrogen) atoms. The van der Waals surface area contributed by atoms with Crippen molar-refractivity contribution in [1.82, 2.24) is 9.88 Å². The van der Waals surface area contributed by atoms with Gasteiger partial charge in [-0.3, -0.25) is 24.3 Å². The van der Waals surface area contributed by atoms with E-state index in [1.165, 1.54) is 4.90 Å². The Hall–Kier alpha value is -4.32. The van der Waals surface area contributed by atoms with E-state index < -0.39 is 17.8 Å². The van der Waals surface area contributed by atoms with Gasteiger partial charge < -0.3 is 4.74 Å². The summed E-state index contributed by atoms with van der Waals surface area (Å²) in [5.41, 5.74) is 5.13. The summed E-state index contributed by atoms with van der Waals surface area (Å²) >= 11 is 0. The van der Waals surface area contributed by atoms with Gasteiger partial charge in [-0.25, -0.2) is 0 Å². The first kappa shape index (κ1) is 21.0. The number of para-hydroxylation sites is 1. The van der Waals surface area contributed by atoms with Gasteiger partial charge >= 0.3 is 5.97 Å². The van der Waals surface area contributed by atoms with E-state index >= 15 is 0 Å². The van der Waals surface area contributed by atoms with Gasteiger partial charge in [0.05, 0.1) is 18.3 Å². The van der Waals surface area contributed by atoms with Crippen LogP contribution < -0.4 is 4.74 Å². The van der Waals surface area contributed by atoms with Crippen LogP contribution in [-0.2, 0) is 14.4 Å². The highest BCUT2D eigenvalue weighted by Gasteiger charge is 2.61. The van der Waals surface area contributed by atoms with Gasteiger partial charge in [0.25, 0.3) is 0 Å². The Morgan fingerprint density at radius 2 is 1.31 bits per heavy atom. The molecular formula is C30H22N2O4. The standard InChI is InChI=1S/C30H22N2O4/c33-23(36-22-13-5-7-17-8-6-15-31-28(17)22)14-16-32-29(34)26-24-18-9-1-2-10-19(18)25(27(26)30(32)35)21-12-4-3-11-20(21)24/h1-13,15,24-27H,14,16H2/t24?,25?,26-,27-/m1/s1. The number of hydrogen-bond donors (Lipinski definition) is 0. The van der Waals surface area contributed by atoms with E-state index in [9.17, 15) is 14.4 Å². The summed E-state index contributed by atoms with van der Waals surface area (Å²) in [5, 5.41) is 0.867. The SMILES string of the molecule is O=C(CCN1C(=O)[C@@H]2C3c4ccccc4C(c4ccccc43)[C@H]2C1=O)Oc1cccc2cccnc12. The summed E-state index contributed by atoms with van der Waals surface area (Å²) in [5.74, 6) is -1.69. The topological polar surface area (TPSA) is 76.6 Å². The molecule has 6 heteroatoms. The lowest BCUT2D eigenvalue weighted by Gasteiger charge is -2.45. The number of amides is 2. The largest absolute Gasteiger partial charge is 0.424 e.